The Balaban J connectivity index is 2.00. The molecule has 26 heavy (non-hydrogen) atoms. The lowest BCUT2D eigenvalue weighted by Gasteiger charge is -2.49. The SMILES string of the molecule is C=C1CCCC[C@@]23N(C(=O)OCC)CC[C@@]12c1c(C)cc(C)cc1N3C. The number of carbonyl (C=O) groups excluding carboxylic acids is 1. The molecule has 1 saturated heterocycles. The molecule has 4 rings (SSSR count). The topological polar surface area (TPSA) is 32.8 Å². The number of hydrogen-bond donors (Lipinski definition) is 0. The van der Waals surface area contributed by atoms with Gasteiger partial charge in [-0.3, -0.25) is 4.90 Å². The van der Waals surface area contributed by atoms with Crippen molar-refractivity contribution < 1.29 is 9.53 Å². The highest BCUT2D eigenvalue weighted by molar-refractivity contribution is 5.79. The van der Waals surface area contributed by atoms with Crippen molar-refractivity contribution in [3.63, 3.8) is 0 Å². The van der Waals surface area contributed by atoms with E-state index < -0.39 is 0 Å². The van der Waals surface area contributed by atoms with Gasteiger partial charge in [0.05, 0.1) is 12.0 Å². The van der Waals surface area contributed by atoms with E-state index in [1.54, 1.807) is 0 Å². The minimum atomic E-state index is -0.381. The fraction of sp³-hybridized carbons (Fsp3) is 0.591. The summed E-state index contributed by atoms with van der Waals surface area (Å²) in [7, 11) is 2.16. The van der Waals surface area contributed by atoms with Crippen molar-refractivity contribution in [3.05, 3.63) is 41.0 Å². The van der Waals surface area contributed by atoms with Crippen molar-refractivity contribution in [2.45, 2.75) is 64.0 Å². The average Bonchev–Trinajstić information content (AvgIpc) is 2.97. The number of likely N-dealkylation sites (tertiary alicyclic amines) is 1. The highest BCUT2D eigenvalue weighted by Gasteiger charge is 2.70. The van der Waals surface area contributed by atoms with Gasteiger partial charge in [-0.2, -0.15) is 0 Å². The molecule has 2 aliphatic heterocycles. The fourth-order valence-corrected chi connectivity index (χ4v) is 6.17. The number of anilines is 1. The van der Waals surface area contributed by atoms with Gasteiger partial charge in [0.1, 0.15) is 5.66 Å². The summed E-state index contributed by atoms with van der Waals surface area (Å²) in [6.45, 7) is 12.0. The first-order valence-corrected chi connectivity index (χ1v) is 9.88. The van der Waals surface area contributed by atoms with Crippen LogP contribution in [0.5, 0.6) is 0 Å². The van der Waals surface area contributed by atoms with Gasteiger partial charge in [0, 0.05) is 19.3 Å². The van der Waals surface area contributed by atoms with Crippen LogP contribution in [0.2, 0.25) is 0 Å². The lowest BCUT2D eigenvalue weighted by Crippen LogP contribution is -2.63. The van der Waals surface area contributed by atoms with Crippen LogP contribution in [0.3, 0.4) is 0 Å². The zero-order valence-corrected chi connectivity index (χ0v) is 16.5. The molecule has 2 heterocycles. The highest BCUT2D eigenvalue weighted by atomic mass is 16.6. The molecular weight excluding hydrogens is 324 g/mol. The number of benzene rings is 1. The number of carbonyl (C=O) groups is 1. The second-order valence-electron chi connectivity index (χ2n) is 8.17. The smallest absolute Gasteiger partial charge is 0.411 e. The number of likely N-dealkylation sites (N-methyl/N-ethyl adjacent to an activating group) is 1. The summed E-state index contributed by atoms with van der Waals surface area (Å²) in [4.78, 5) is 17.3. The first-order valence-electron chi connectivity index (χ1n) is 9.88. The minimum Gasteiger partial charge on any atom is -0.450 e. The summed E-state index contributed by atoms with van der Waals surface area (Å²) in [6.07, 6.45) is 5.01. The lowest BCUT2D eigenvalue weighted by atomic mass is 9.65. The number of amides is 1. The van der Waals surface area contributed by atoms with E-state index in [4.69, 9.17) is 4.74 Å². The molecule has 3 aliphatic rings. The number of ether oxygens (including phenoxy) is 1. The molecule has 2 atom stereocenters. The van der Waals surface area contributed by atoms with E-state index in [0.29, 0.717) is 6.61 Å². The Morgan fingerprint density at radius 2 is 2.04 bits per heavy atom. The number of aryl methyl sites for hydroxylation is 2. The minimum absolute atomic E-state index is 0.182. The van der Waals surface area contributed by atoms with Gasteiger partial charge >= 0.3 is 6.09 Å². The van der Waals surface area contributed by atoms with Crippen molar-refractivity contribution in [3.8, 4) is 0 Å². The summed E-state index contributed by atoms with van der Waals surface area (Å²) in [5.41, 5.74) is 5.97. The Kier molecular flexibility index (Phi) is 3.87. The first kappa shape index (κ1) is 17.4. The van der Waals surface area contributed by atoms with Crippen LogP contribution in [0.1, 0.15) is 55.7 Å². The molecule has 4 heteroatoms. The summed E-state index contributed by atoms with van der Waals surface area (Å²) in [6, 6.07) is 4.56. The van der Waals surface area contributed by atoms with E-state index in [1.165, 1.54) is 28.0 Å². The van der Waals surface area contributed by atoms with Gasteiger partial charge in [0.2, 0.25) is 0 Å². The van der Waals surface area contributed by atoms with E-state index >= 15 is 0 Å². The molecule has 0 aromatic heterocycles. The first-order chi connectivity index (χ1) is 12.4. The van der Waals surface area contributed by atoms with Crippen LogP contribution in [-0.4, -0.2) is 36.9 Å². The number of fused-ring (bicyclic) bond motifs is 1. The predicted molar refractivity (Wildman–Crippen MR) is 105 cm³/mol. The van der Waals surface area contributed by atoms with Gasteiger partial charge in [-0.15, -0.1) is 0 Å². The van der Waals surface area contributed by atoms with Crippen molar-refractivity contribution in [2.75, 3.05) is 25.1 Å². The maximum atomic E-state index is 12.9. The van der Waals surface area contributed by atoms with Crippen LogP contribution in [0.25, 0.3) is 0 Å². The number of hydrogen-bond acceptors (Lipinski definition) is 3. The molecule has 1 aromatic carbocycles. The van der Waals surface area contributed by atoms with Crippen LogP contribution in [0.4, 0.5) is 10.5 Å². The number of nitrogens with zero attached hydrogens (tertiary/aromatic N) is 2. The van der Waals surface area contributed by atoms with Gasteiger partial charge in [-0.05, 0) is 75.6 Å². The molecule has 1 saturated carbocycles. The zero-order chi connectivity index (χ0) is 18.7. The molecule has 0 N–H and O–H groups in total. The summed E-state index contributed by atoms with van der Waals surface area (Å²) >= 11 is 0. The molecule has 0 unspecified atom stereocenters. The van der Waals surface area contributed by atoms with E-state index in [0.717, 1.165) is 38.6 Å². The highest BCUT2D eigenvalue weighted by Crippen LogP contribution is 2.65. The average molecular weight is 354 g/mol. The normalized spacial score (nSPS) is 29.9. The quantitative estimate of drug-likeness (QED) is 0.687. The van der Waals surface area contributed by atoms with Crippen molar-refractivity contribution in [1.82, 2.24) is 4.90 Å². The molecule has 2 fully saturated rings. The molecule has 0 bridgehead atoms. The van der Waals surface area contributed by atoms with E-state index in [-0.39, 0.29) is 17.2 Å². The molecule has 0 spiro atoms. The molecule has 1 amide bonds. The largest absolute Gasteiger partial charge is 0.450 e. The van der Waals surface area contributed by atoms with Crippen molar-refractivity contribution >= 4 is 11.8 Å². The zero-order valence-electron chi connectivity index (χ0n) is 16.5. The Bertz CT molecular complexity index is 787. The number of rotatable bonds is 1. The molecule has 4 nitrogen and oxygen atoms in total. The Labute approximate surface area is 156 Å². The maximum Gasteiger partial charge on any atom is 0.411 e. The third-order valence-electron chi connectivity index (χ3n) is 6.99. The van der Waals surface area contributed by atoms with Crippen LogP contribution < -0.4 is 4.90 Å². The van der Waals surface area contributed by atoms with Crippen LogP contribution in [-0.2, 0) is 10.2 Å². The monoisotopic (exact) mass is 354 g/mol. The van der Waals surface area contributed by atoms with Gasteiger partial charge in [-0.25, -0.2) is 4.79 Å². The van der Waals surface area contributed by atoms with Gasteiger partial charge in [0.25, 0.3) is 0 Å². The summed E-state index contributed by atoms with van der Waals surface area (Å²) in [5, 5.41) is 0. The predicted octanol–water partition coefficient (Wildman–Crippen LogP) is 4.68. The van der Waals surface area contributed by atoms with Crippen LogP contribution in [0.15, 0.2) is 24.3 Å². The Morgan fingerprint density at radius 3 is 2.77 bits per heavy atom. The molecular formula is C22H30N2O2. The van der Waals surface area contributed by atoms with Gasteiger partial charge < -0.3 is 9.64 Å². The maximum absolute atomic E-state index is 12.9. The molecule has 140 valence electrons. The van der Waals surface area contributed by atoms with E-state index in [9.17, 15) is 4.79 Å². The fourth-order valence-electron chi connectivity index (χ4n) is 6.17. The summed E-state index contributed by atoms with van der Waals surface area (Å²) in [5.74, 6) is 0. The molecule has 1 aromatic rings. The lowest BCUT2D eigenvalue weighted by molar-refractivity contribution is 0.0581. The van der Waals surface area contributed by atoms with Crippen molar-refractivity contribution in [1.29, 1.82) is 0 Å². The third-order valence-corrected chi connectivity index (χ3v) is 6.99. The van der Waals surface area contributed by atoms with E-state index in [1.807, 2.05) is 11.8 Å². The van der Waals surface area contributed by atoms with Gasteiger partial charge in [-0.1, -0.05) is 18.2 Å². The van der Waals surface area contributed by atoms with E-state index in [2.05, 4.69) is 44.5 Å². The molecule has 0 radical (unpaired) electrons. The Morgan fingerprint density at radius 1 is 1.27 bits per heavy atom. The van der Waals surface area contributed by atoms with Crippen LogP contribution in [0, 0.1) is 13.8 Å². The van der Waals surface area contributed by atoms with Crippen molar-refractivity contribution in [2.24, 2.45) is 0 Å². The third kappa shape index (κ3) is 1.88. The van der Waals surface area contributed by atoms with Gasteiger partial charge in [0.15, 0.2) is 0 Å². The Hall–Kier alpha value is -1.97. The second-order valence-corrected chi connectivity index (χ2v) is 8.17. The van der Waals surface area contributed by atoms with Crippen LogP contribution >= 0.6 is 0 Å². The second kappa shape index (κ2) is 5.77. The molecule has 1 aliphatic carbocycles. The summed E-state index contributed by atoms with van der Waals surface area (Å²) < 4.78 is 5.48. The standard InChI is InChI=1S/C22H30N2O2/c1-6-26-20(25)24-12-11-21-17(4)9-7-8-10-22(21,24)23(5)18-14-15(2)13-16(3)19(18)21/h13-14H,4,6-12H2,1-3,5H3/t21-,22+/m0/s1.